The lowest BCUT2D eigenvalue weighted by molar-refractivity contribution is -0.137. The molecule has 1 saturated carbocycles. The Morgan fingerprint density at radius 3 is 2.53 bits per heavy atom. The third-order valence-corrected chi connectivity index (χ3v) is 5.54. The number of carbonyl (C=O) groups is 1. The maximum absolute atomic E-state index is 13.0. The molecule has 0 spiro atoms. The predicted molar refractivity (Wildman–Crippen MR) is 103 cm³/mol. The molecule has 1 saturated heterocycles. The van der Waals surface area contributed by atoms with Crippen LogP contribution in [0.25, 0.3) is 0 Å². The quantitative estimate of drug-likeness (QED) is 0.738. The van der Waals surface area contributed by atoms with Crippen LogP contribution in [0.15, 0.2) is 18.2 Å². The van der Waals surface area contributed by atoms with E-state index in [0.29, 0.717) is 25.7 Å². The van der Waals surface area contributed by atoms with Gasteiger partial charge in [-0.2, -0.15) is 13.2 Å². The number of anilines is 1. The molecule has 0 atom stereocenters. The molecule has 4 rings (SSSR count). The number of amides is 1. The first-order valence-electron chi connectivity index (χ1n) is 9.67. The van der Waals surface area contributed by atoms with Gasteiger partial charge in [0.2, 0.25) is 5.91 Å². The van der Waals surface area contributed by atoms with Crippen LogP contribution in [0.5, 0.6) is 0 Å². The summed E-state index contributed by atoms with van der Waals surface area (Å²) in [4.78, 5) is 16.5. The first-order chi connectivity index (χ1) is 14.3. The fourth-order valence-electron chi connectivity index (χ4n) is 3.45. The number of carbonyl (C=O) groups excluding carboxylic acids is 1. The third-order valence-electron chi connectivity index (χ3n) is 5.21. The Morgan fingerprint density at radius 1 is 1.17 bits per heavy atom. The molecule has 0 bridgehead atoms. The molecule has 2 fully saturated rings. The molecule has 12 heteroatoms. The minimum Gasteiger partial charge on any atom is -0.325 e. The molecular formula is C18H21ClF3N7O. The number of nitrogens with zero attached hydrogens (tertiary/aromatic N) is 6. The van der Waals surface area contributed by atoms with Crippen LogP contribution < -0.4 is 5.32 Å². The number of rotatable bonds is 6. The first kappa shape index (κ1) is 21.0. The van der Waals surface area contributed by atoms with Crippen LogP contribution in [-0.2, 0) is 17.5 Å². The van der Waals surface area contributed by atoms with Crippen molar-refractivity contribution in [2.45, 2.75) is 31.6 Å². The van der Waals surface area contributed by atoms with E-state index in [9.17, 15) is 18.0 Å². The summed E-state index contributed by atoms with van der Waals surface area (Å²) >= 11 is 5.61. The van der Waals surface area contributed by atoms with E-state index in [-0.39, 0.29) is 18.1 Å². The van der Waals surface area contributed by atoms with E-state index in [2.05, 4.69) is 25.7 Å². The van der Waals surface area contributed by atoms with E-state index >= 15 is 0 Å². The molecule has 1 aromatic heterocycles. The molecule has 162 valence electrons. The molecule has 1 amide bonds. The Hall–Kier alpha value is -2.24. The summed E-state index contributed by atoms with van der Waals surface area (Å²) in [6, 6.07) is 3.76. The van der Waals surface area contributed by atoms with Gasteiger partial charge in [0.1, 0.15) is 0 Å². The second-order valence-electron chi connectivity index (χ2n) is 7.56. The minimum atomic E-state index is -4.58. The number of nitrogens with one attached hydrogen (secondary N) is 1. The van der Waals surface area contributed by atoms with Gasteiger partial charge in [0, 0.05) is 31.9 Å². The zero-order chi connectivity index (χ0) is 21.3. The Morgan fingerprint density at radius 2 is 1.87 bits per heavy atom. The van der Waals surface area contributed by atoms with Crippen LogP contribution in [0.4, 0.5) is 18.9 Å². The van der Waals surface area contributed by atoms with Gasteiger partial charge in [0.05, 0.1) is 29.7 Å². The normalized spacial score (nSPS) is 18.5. The standard InChI is InChI=1S/C18H21ClF3N7O/c19-15-4-1-12(9-14(15)18(20,21)22)23-17(30)11-28-7-5-27(6-8-28)10-16-24-25-26-29(16)13-2-3-13/h1,4,9,13H,2-3,5-8,10-11H2,(H,23,30). The molecule has 2 heterocycles. The summed E-state index contributed by atoms with van der Waals surface area (Å²) in [5.41, 5.74) is -0.897. The smallest absolute Gasteiger partial charge is 0.325 e. The summed E-state index contributed by atoms with van der Waals surface area (Å²) in [7, 11) is 0. The number of alkyl halides is 3. The number of hydrogen-bond donors (Lipinski definition) is 1. The average molecular weight is 444 g/mol. The lowest BCUT2D eigenvalue weighted by atomic mass is 10.2. The number of tetrazole rings is 1. The van der Waals surface area contributed by atoms with Crippen LogP contribution in [0.2, 0.25) is 5.02 Å². The summed E-state index contributed by atoms with van der Waals surface area (Å²) < 4.78 is 40.8. The fourth-order valence-corrected chi connectivity index (χ4v) is 3.67. The summed E-state index contributed by atoms with van der Waals surface area (Å²) in [5, 5.41) is 14.0. The highest BCUT2D eigenvalue weighted by Crippen LogP contribution is 2.36. The lowest BCUT2D eigenvalue weighted by Gasteiger charge is -2.33. The van der Waals surface area contributed by atoms with Gasteiger partial charge in [-0.3, -0.25) is 14.6 Å². The second-order valence-corrected chi connectivity index (χ2v) is 7.97. The van der Waals surface area contributed by atoms with Crippen molar-refractivity contribution < 1.29 is 18.0 Å². The third kappa shape index (κ3) is 5.08. The van der Waals surface area contributed by atoms with Crippen molar-refractivity contribution in [1.82, 2.24) is 30.0 Å². The molecule has 2 aromatic rings. The van der Waals surface area contributed by atoms with Gasteiger partial charge in [0.25, 0.3) is 0 Å². The monoisotopic (exact) mass is 443 g/mol. The van der Waals surface area contributed by atoms with Crippen molar-refractivity contribution >= 4 is 23.2 Å². The van der Waals surface area contributed by atoms with Crippen molar-refractivity contribution in [1.29, 1.82) is 0 Å². The van der Waals surface area contributed by atoms with E-state index in [0.717, 1.165) is 43.9 Å². The lowest BCUT2D eigenvalue weighted by Crippen LogP contribution is -2.48. The molecule has 0 radical (unpaired) electrons. The van der Waals surface area contributed by atoms with E-state index < -0.39 is 16.8 Å². The summed E-state index contributed by atoms with van der Waals surface area (Å²) in [6.07, 6.45) is -2.36. The number of benzene rings is 1. The highest BCUT2D eigenvalue weighted by Gasteiger charge is 2.33. The summed E-state index contributed by atoms with van der Waals surface area (Å²) in [6.45, 7) is 3.62. The Balaban J connectivity index is 1.26. The van der Waals surface area contributed by atoms with Gasteiger partial charge in [0.15, 0.2) is 5.82 Å². The van der Waals surface area contributed by atoms with Gasteiger partial charge in [-0.05, 0) is 41.5 Å². The molecule has 1 aromatic carbocycles. The Bertz CT molecular complexity index is 907. The van der Waals surface area contributed by atoms with Crippen LogP contribution in [0.1, 0.15) is 30.3 Å². The number of halogens is 4. The van der Waals surface area contributed by atoms with E-state index in [1.807, 2.05) is 9.58 Å². The van der Waals surface area contributed by atoms with Crippen molar-refractivity contribution in [3.8, 4) is 0 Å². The molecule has 2 aliphatic rings. The van der Waals surface area contributed by atoms with Crippen molar-refractivity contribution in [3.05, 3.63) is 34.6 Å². The van der Waals surface area contributed by atoms with Gasteiger partial charge >= 0.3 is 6.18 Å². The number of aromatic nitrogens is 4. The van der Waals surface area contributed by atoms with Gasteiger partial charge in [-0.1, -0.05) is 11.6 Å². The minimum absolute atomic E-state index is 0.0715. The molecule has 8 nitrogen and oxygen atoms in total. The molecule has 1 N–H and O–H groups in total. The molecule has 30 heavy (non-hydrogen) atoms. The van der Waals surface area contributed by atoms with E-state index in [4.69, 9.17) is 11.6 Å². The number of piperazine rings is 1. The zero-order valence-corrected chi connectivity index (χ0v) is 16.8. The Kier molecular flexibility index (Phi) is 5.94. The van der Waals surface area contributed by atoms with Gasteiger partial charge < -0.3 is 5.32 Å². The molecule has 1 aliphatic heterocycles. The van der Waals surface area contributed by atoms with Crippen molar-refractivity contribution in [2.24, 2.45) is 0 Å². The van der Waals surface area contributed by atoms with Crippen LogP contribution >= 0.6 is 11.6 Å². The molecule has 1 aliphatic carbocycles. The SMILES string of the molecule is O=C(CN1CCN(Cc2nnnn2C2CC2)CC1)Nc1ccc(Cl)c(C(F)(F)F)c1. The van der Waals surface area contributed by atoms with E-state index in [1.165, 1.54) is 6.07 Å². The maximum Gasteiger partial charge on any atom is 0.417 e. The van der Waals surface area contributed by atoms with E-state index in [1.54, 1.807) is 0 Å². The topological polar surface area (TPSA) is 79.2 Å². The van der Waals surface area contributed by atoms with Crippen molar-refractivity contribution in [2.75, 3.05) is 38.0 Å². The van der Waals surface area contributed by atoms with Crippen LogP contribution in [0.3, 0.4) is 0 Å². The average Bonchev–Trinajstić information content (AvgIpc) is 3.43. The molecule has 0 unspecified atom stereocenters. The van der Waals surface area contributed by atoms with Gasteiger partial charge in [-0.15, -0.1) is 5.10 Å². The van der Waals surface area contributed by atoms with Crippen LogP contribution in [0, 0.1) is 0 Å². The summed E-state index contributed by atoms with van der Waals surface area (Å²) in [5.74, 6) is 0.489. The number of hydrogen-bond acceptors (Lipinski definition) is 6. The Labute approximate surface area is 176 Å². The second kappa shape index (κ2) is 8.48. The maximum atomic E-state index is 13.0. The zero-order valence-electron chi connectivity index (χ0n) is 16.1. The first-order valence-corrected chi connectivity index (χ1v) is 10.1. The van der Waals surface area contributed by atoms with Crippen molar-refractivity contribution in [3.63, 3.8) is 0 Å². The van der Waals surface area contributed by atoms with Crippen LogP contribution in [-0.4, -0.2) is 68.6 Å². The predicted octanol–water partition coefficient (Wildman–Crippen LogP) is 2.44. The highest BCUT2D eigenvalue weighted by atomic mass is 35.5. The fraction of sp³-hybridized carbons (Fsp3) is 0.556. The highest BCUT2D eigenvalue weighted by molar-refractivity contribution is 6.31. The molecular weight excluding hydrogens is 423 g/mol. The largest absolute Gasteiger partial charge is 0.417 e. The van der Waals surface area contributed by atoms with Gasteiger partial charge in [-0.25, -0.2) is 4.68 Å².